The summed E-state index contributed by atoms with van der Waals surface area (Å²) in [6.45, 7) is 2.37. The molecule has 0 bridgehead atoms. The van der Waals surface area contributed by atoms with Gasteiger partial charge in [-0.1, -0.05) is 24.3 Å². The van der Waals surface area contributed by atoms with Crippen LogP contribution in [0.5, 0.6) is 5.75 Å². The van der Waals surface area contributed by atoms with E-state index < -0.39 is 11.7 Å². The van der Waals surface area contributed by atoms with Crippen LogP contribution in [0.3, 0.4) is 0 Å². The molecule has 0 radical (unpaired) electrons. The van der Waals surface area contributed by atoms with Gasteiger partial charge in [0.25, 0.3) is 0 Å². The number of thiazole rings is 1. The molecule has 0 fully saturated rings. The van der Waals surface area contributed by atoms with Crippen molar-refractivity contribution in [2.45, 2.75) is 19.7 Å². The minimum absolute atomic E-state index is 0.377. The Morgan fingerprint density at radius 2 is 1.83 bits per heavy atom. The van der Waals surface area contributed by atoms with Gasteiger partial charge >= 0.3 is 6.18 Å². The average Bonchev–Trinajstić information content (AvgIpc) is 3.01. The molecule has 0 aliphatic rings. The second-order valence-corrected chi connectivity index (χ2v) is 6.43. The summed E-state index contributed by atoms with van der Waals surface area (Å²) in [6.07, 6.45) is -2.64. The third-order valence-electron chi connectivity index (χ3n) is 3.38. The molecule has 0 saturated carbocycles. The molecule has 0 N–H and O–H groups in total. The first-order chi connectivity index (χ1) is 11.4. The maximum Gasteiger partial charge on any atom is 0.416 e. The summed E-state index contributed by atoms with van der Waals surface area (Å²) in [6, 6.07) is 12.7. The fourth-order valence-corrected chi connectivity index (χ4v) is 3.00. The lowest BCUT2D eigenvalue weighted by Crippen LogP contribution is -2.03. The molecule has 0 aliphatic carbocycles. The average molecular weight is 349 g/mol. The number of hydrogen-bond donors (Lipinski definition) is 0. The quantitative estimate of drug-likeness (QED) is 0.601. The van der Waals surface area contributed by atoms with Crippen LogP contribution >= 0.6 is 11.3 Å². The van der Waals surface area contributed by atoms with Crippen molar-refractivity contribution in [2.75, 3.05) is 0 Å². The first kappa shape index (κ1) is 16.5. The Morgan fingerprint density at radius 3 is 2.50 bits per heavy atom. The zero-order valence-electron chi connectivity index (χ0n) is 12.8. The SMILES string of the molecule is Cc1cccc(OCc2cnc(-c3ccc(C(F)(F)F)cc3)s2)c1. The molecule has 0 unspecified atom stereocenters. The molecular formula is C18H14F3NOS. The number of aryl methyl sites for hydroxylation is 1. The van der Waals surface area contributed by atoms with Gasteiger partial charge in [0, 0.05) is 11.8 Å². The highest BCUT2D eigenvalue weighted by Crippen LogP contribution is 2.32. The molecule has 3 aromatic rings. The fraction of sp³-hybridized carbons (Fsp3) is 0.167. The molecule has 24 heavy (non-hydrogen) atoms. The lowest BCUT2D eigenvalue weighted by molar-refractivity contribution is -0.137. The van der Waals surface area contributed by atoms with Crippen LogP contribution in [0.4, 0.5) is 13.2 Å². The summed E-state index contributed by atoms with van der Waals surface area (Å²) in [5.41, 5.74) is 1.11. The van der Waals surface area contributed by atoms with Crippen LogP contribution in [0.25, 0.3) is 10.6 Å². The van der Waals surface area contributed by atoms with E-state index in [1.807, 2.05) is 31.2 Å². The molecule has 0 atom stereocenters. The van der Waals surface area contributed by atoms with Gasteiger partial charge in [-0.2, -0.15) is 13.2 Å². The molecule has 3 rings (SSSR count). The topological polar surface area (TPSA) is 22.1 Å². The zero-order valence-corrected chi connectivity index (χ0v) is 13.6. The molecular weight excluding hydrogens is 335 g/mol. The number of hydrogen-bond acceptors (Lipinski definition) is 3. The van der Waals surface area contributed by atoms with Gasteiger partial charge in [-0.25, -0.2) is 4.98 Å². The van der Waals surface area contributed by atoms with E-state index in [0.717, 1.165) is 28.3 Å². The maximum atomic E-state index is 12.6. The van der Waals surface area contributed by atoms with Gasteiger partial charge in [0.15, 0.2) is 0 Å². The van der Waals surface area contributed by atoms with Crippen molar-refractivity contribution in [3.63, 3.8) is 0 Å². The minimum Gasteiger partial charge on any atom is -0.488 e. The summed E-state index contributed by atoms with van der Waals surface area (Å²) in [5.74, 6) is 0.777. The lowest BCUT2D eigenvalue weighted by Gasteiger charge is -2.06. The molecule has 0 saturated heterocycles. The summed E-state index contributed by atoms with van der Waals surface area (Å²) in [4.78, 5) is 5.17. The highest BCUT2D eigenvalue weighted by Gasteiger charge is 2.30. The van der Waals surface area contributed by atoms with Gasteiger partial charge in [0.2, 0.25) is 0 Å². The van der Waals surface area contributed by atoms with Crippen LogP contribution in [0.1, 0.15) is 16.0 Å². The van der Waals surface area contributed by atoms with Crippen molar-refractivity contribution < 1.29 is 17.9 Å². The summed E-state index contributed by atoms with van der Waals surface area (Å²) in [7, 11) is 0. The van der Waals surface area contributed by atoms with Crippen molar-refractivity contribution >= 4 is 11.3 Å². The second kappa shape index (κ2) is 6.65. The second-order valence-electron chi connectivity index (χ2n) is 5.31. The van der Waals surface area contributed by atoms with Gasteiger partial charge in [-0.3, -0.25) is 0 Å². The Kier molecular flexibility index (Phi) is 4.57. The number of rotatable bonds is 4. The summed E-state index contributed by atoms with van der Waals surface area (Å²) >= 11 is 1.41. The van der Waals surface area contributed by atoms with Gasteiger partial charge in [0.1, 0.15) is 17.4 Å². The Hall–Kier alpha value is -2.34. The number of alkyl halides is 3. The van der Waals surface area contributed by atoms with E-state index >= 15 is 0 Å². The molecule has 2 aromatic carbocycles. The van der Waals surface area contributed by atoms with Gasteiger partial charge < -0.3 is 4.74 Å². The lowest BCUT2D eigenvalue weighted by atomic mass is 10.1. The van der Waals surface area contributed by atoms with E-state index in [1.54, 1.807) is 6.20 Å². The van der Waals surface area contributed by atoms with Crippen molar-refractivity contribution in [2.24, 2.45) is 0 Å². The van der Waals surface area contributed by atoms with Gasteiger partial charge in [-0.15, -0.1) is 11.3 Å². The predicted octanol–water partition coefficient (Wildman–Crippen LogP) is 5.72. The van der Waals surface area contributed by atoms with Crippen LogP contribution in [-0.2, 0) is 12.8 Å². The minimum atomic E-state index is -4.33. The number of halogens is 3. The Bertz CT molecular complexity index is 825. The highest BCUT2D eigenvalue weighted by molar-refractivity contribution is 7.15. The van der Waals surface area contributed by atoms with E-state index in [4.69, 9.17) is 4.74 Å². The normalized spacial score (nSPS) is 11.5. The summed E-state index contributed by atoms with van der Waals surface area (Å²) < 4.78 is 43.5. The third-order valence-corrected chi connectivity index (χ3v) is 4.40. The molecule has 1 heterocycles. The Labute approximate surface area is 141 Å². The van der Waals surface area contributed by atoms with Crippen molar-refractivity contribution in [1.82, 2.24) is 4.98 Å². The Morgan fingerprint density at radius 1 is 1.08 bits per heavy atom. The van der Waals surface area contributed by atoms with Crippen molar-refractivity contribution in [1.29, 1.82) is 0 Å². The van der Waals surface area contributed by atoms with E-state index in [2.05, 4.69) is 4.98 Å². The monoisotopic (exact) mass is 349 g/mol. The molecule has 0 aliphatic heterocycles. The van der Waals surface area contributed by atoms with Gasteiger partial charge in [-0.05, 0) is 36.8 Å². The Balaban J connectivity index is 1.69. The molecule has 1 aromatic heterocycles. The first-order valence-electron chi connectivity index (χ1n) is 7.23. The largest absolute Gasteiger partial charge is 0.488 e. The molecule has 0 amide bonds. The first-order valence-corrected chi connectivity index (χ1v) is 8.05. The predicted molar refractivity (Wildman–Crippen MR) is 88.1 cm³/mol. The molecule has 124 valence electrons. The van der Waals surface area contributed by atoms with E-state index in [0.29, 0.717) is 17.2 Å². The van der Waals surface area contributed by atoms with Crippen LogP contribution in [0.15, 0.2) is 54.7 Å². The number of aromatic nitrogens is 1. The van der Waals surface area contributed by atoms with E-state index in [9.17, 15) is 13.2 Å². The van der Waals surface area contributed by atoms with Crippen molar-refractivity contribution in [3.05, 3.63) is 70.7 Å². The van der Waals surface area contributed by atoms with Gasteiger partial charge in [0.05, 0.1) is 10.4 Å². The fourth-order valence-electron chi connectivity index (χ4n) is 2.17. The van der Waals surface area contributed by atoms with Crippen molar-refractivity contribution in [3.8, 4) is 16.3 Å². The smallest absolute Gasteiger partial charge is 0.416 e. The molecule has 6 heteroatoms. The highest BCUT2D eigenvalue weighted by atomic mass is 32.1. The number of benzene rings is 2. The van der Waals surface area contributed by atoms with Crippen LogP contribution in [0, 0.1) is 6.92 Å². The molecule has 2 nitrogen and oxygen atoms in total. The third kappa shape index (κ3) is 3.94. The maximum absolute atomic E-state index is 12.6. The van der Waals surface area contributed by atoms with Crippen LogP contribution in [0.2, 0.25) is 0 Å². The van der Waals surface area contributed by atoms with Crippen LogP contribution in [-0.4, -0.2) is 4.98 Å². The molecule has 0 spiro atoms. The van der Waals surface area contributed by atoms with E-state index in [1.165, 1.54) is 23.5 Å². The van der Waals surface area contributed by atoms with Crippen LogP contribution < -0.4 is 4.74 Å². The number of ether oxygens (including phenoxy) is 1. The number of nitrogens with zero attached hydrogens (tertiary/aromatic N) is 1. The summed E-state index contributed by atoms with van der Waals surface area (Å²) in [5, 5.41) is 0.673. The zero-order chi connectivity index (χ0) is 17.2. The standard InChI is InChI=1S/C18H14F3NOS/c1-12-3-2-4-15(9-12)23-11-16-10-22-17(24-16)13-5-7-14(8-6-13)18(19,20)21/h2-10H,11H2,1H3. The van der Waals surface area contributed by atoms with E-state index in [-0.39, 0.29) is 0 Å².